The summed E-state index contributed by atoms with van der Waals surface area (Å²) in [5.41, 5.74) is 5.19. The van der Waals surface area contributed by atoms with Gasteiger partial charge in [0.1, 0.15) is 0 Å². The minimum Gasteiger partial charge on any atom is -1.00 e. The molecule has 21 heavy (non-hydrogen) atoms. The van der Waals surface area contributed by atoms with E-state index in [0.29, 0.717) is 11.8 Å². The molecule has 2 aliphatic rings. The van der Waals surface area contributed by atoms with Crippen LogP contribution in [0.2, 0.25) is 0 Å². The fraction of sp³-hybridized carbons (Fsp3) is 0.333. The van der Waals surface area contributed by atoms with Crippen molar-refractivity contribution in [1.82, 2.24) is 0 Å². The van der Waals surface area contributed by atoms with Crippen LogP contribution in [0.4, 0.5) is 0 Å². The van der Waals surface area contributed by atoms with Gasteiger partial charge in [-0.15, -0.1) is 39.2 Å². The second-order valence-electron chi connectivity index (χ2n) is 4.76. The van der Waals surface area contributed by atoms with Crippen LogP contribution in [0.5, 0.6) is 0 Å². The van der Waals surface area contributed by atoms with Gasteiger partial charge in [0.25, 0.3) is 0 Å². The SMILES string of the molecule is C=CC1[C-]=C(C)C(C)=C1.C=CC1[C-]=C(C)C(C)=C1.[Cl-].[Cl-].[Hf+4]. The maximum Gasteiger partial charge on any atom is 4.00 e. The topological polar surface area (TPSA) is 0 Å². The Morgan fingerprint density at radius 3 is 1.19 bits per heavy atom. The van der Waals surface area contributed by atoms with Crippen LogP contribution >= 0.6 is 0 Å². The summed E-state index contributed by atoms with van der Waals surface area (Å²) in [6.45, 7) is 15.7. The molecule has 0 saturated carbocycles. The standard InChI is InChI=1S/2C9H11.2ClH.Hf/c2*1-4-9-5-7(2)8(3)6-9;;;/h2*4-5,9H,1H2,2-3H3;2*1H;/q2*-1;;;+4/p-2. The molecule has 112 valence electrons. The summed E-state index contributed by atoms with van der Waals surface area (Å²) in [7, 11) is 0. The second-order valence-corrected chi connectivity index (χ2v) is 4.76. The largest absolute Gasteiger partial charge is 4.00 e. The van der Waals surface area contributed by atoms with Crippen molar-refractivity contribution in [1.29, 1.82) is 0 Å². The van der Waals surface area contributed by atoms with Crippen molar-refractivity contribution in [2.75, 3.05) is 0 Å². The molecule has 2 rings (SSSR count). The maximum absolute atomic E-state index is 3.69. The summed E-state index contributed by atoms with van der Waals surface area (Å²) in [6, 6.07) is 0. The predicted molar refractivity (Wildman–Crippen MR) is 79.7 cm³/mol. The van der Waals surface area contributed by atoms with Crippen LogP contribution in [0.3, 0.4) is 0 Å². The van der Waals surface area contributed by atoms with E-state index in [1.54, 1.807) is 0 Å². The molecule has 2 aliphatic carbocycles. The Kier molecular flexibility index (Phi) is 15.3. The predicted octanol–water partition coefficient (Wildman–Crippen LogP) is -0.999. The molecular formula is C18H22Cl2Hf. The third-order valence-corrected chi connectivity index (χ3v) is 3.32. The molecule has 0 bridgehead atoms. The van der Waals surface area contributed by atoms with Crippen molar-refractivity contribution in [3.63, 3.8) is 0 Å². The molecule has 2 unspecified atom stereocenters. The van der Waals surface area contributed by atoms with Crippen LogP contribution in [-0.2, 0) is 25.8 Å². The summed E-state index contributed by atoms with van der Waals surface area (Å²) in [5, 5.41) is 0. The van der Waals surface area contributed by atoms with E-state index in [9.17, 15) is 0 Å². The van der Waals surface area contributed by atoms with Crippen LogP contribution in [0.1, 0.15) is 27.7 Å². The first-order valence-corrected chi connectivity index (χ1v) is 6.30. The molecule has 2 atom stereocenters. The zero-order valence-corrected chi connectivity index (χ0v) is 18.2. The average molecular weight is 488 g/mol. The Morgan fingerprint density at radius 2 is 1.10 bits per heavy atom. The summed E-state index contributed by atoms with van der Waals surface area (Å²) in [6.07, 6.45) is 14.7. The van der Waals surface area contributed by atoms with Crippen LogP contribution in [-0.4, -0.2) is 0 Å². The summed E-state index contributed by atoms with van der Waals surface area (Å²) >= 11 is 0. The van der Waals surface area contributed by atoms with Crippen LogP contribution in [0.25, 0.3) is 0 Å². The molecule has 0 nitrogen and oxygen atoms in total. The van der Waals surface area contributed by atoms with Crippen LogP contribution in [0.15, 0.2) is 59.8 Å². The van der Waals surface area contributed by atoms with E-state index in [1.165, 1.54) is 22.3 Å². The van der Waals surface area contributed by atoms with Crippen molar-refractivity contribution in [2.45, 2.75) is 27.7 Å². The molecule has 0 aliphatic heterocycles. The molecule has 0 aromatic heterocycles. The van der Waals surface area contributed by atoms with Gasteiger partial charge >= 0.3 is 25.8 Å². The van der Waals surface area contributed by atoms with E-state index in [-0.39, 0.29) is 50.7 Å². The third kappa shape index (κ3) is 8.18. The van der Waals surface area contributed by atoms with Gasteiger partial charge in [-0.1, -0.05) is 25.7 Å². The van der Waals surface area contributed by atoms with Crippen LogP contribution < -0.4 is 24.8 Å². The monoisotopic (exact) mass is 488 g/mol. The molecule has 0 fully saturated rings. The van der Waals surface area contributed by atoms with Crippen molar-refractivity contribution >= 4 is 0 Å². The molecule has 0 radical (unpaired) electrons. The quantitative estimate of drug-likeness (QED) is 0.266. The number of hydrogen-bond donors (Lipinski definition) is 0. The van der Waals surface area contributed by atoms with Gasteiger partial charge in [-0.05, 0) is 0 Å². The molecular weight excluding hydrogens is 466 g/mol. The Labute approximate surface area is 161 Å². The minimum absolute atomic E-state index is 0. The first kappa shape index (κ1) is 25.8. The summed E-state index contributed by atoms with van der Waals surface area (Å²) < 4.78 is 0. The first-order chi connectivity index (χ1) is 8.47. The molecule has 0 amide bonds. The number of hydrogen-bond acceptors (Lipinski definition) is 0. The van der Waals surface area contributed by atoms with Gasteiger partial charge in [-0.3, -0.25) is 12.2 Å². The molecule has 0 aromatic rings. The number of allylic oxidation sites excluding steroid dienone is 10. The van der Waals surface area contributed by atoms with E-state index in [2.05, 4.69) is 65.2 Å². The number of halogens is 2. The fourth-order valence-corrected chi connectivity index (χ4v) is 1.85. The first-order valence-electron chi connectivity index (χ1n) is 6.30. The van der Waals surface area contributed by atoms with Gasteiger partial charge in [0, 0.05) is 0 Å². The van der Waals surface area contributed by atoms with Gasteiger partial charge in [-0.2, -0.15) is 12.2 Å². The smallest absolute Gasteiger partial charge is 1.00 e. The van der Waals surface area contributed by atoms with Gasteiger partial charge in [0.05, 0.1) is 0 Å². The fourth-order valence-electron chi connectivity index (χ4n) is 1.85. The van der Waals surface area contributed by atoms with Gasteiger partial charge in [0.15, 0.2) is 0 Å². The zero-order chi connectivity index (χ0) is 13.7. The van der Waals surface area contributed by atoms with Crippen LogP contribution in [0, 0.1) is 24.0 Å². The summed E-state index contributed by atoms with van der Waals surface area (Å²) in [4.78, 5) is 0. The van der Waals surface area contributed by atoms with Gasteiger partial charge in [0.2, 0.25) is 0 Å². The maximum atomic E-state index is 3.69. The molecule has 0 aromatic carbocycles. The second kappa shape index (κ2) is 12.4. The summed E-state index contributed by atoms with van der Waals surface area (Å²) in [5.74, 6) is 0.731. The Hall–Kier alpha value is -0.110. The molecule has 0 N–H and O–H groups in total. The van der Waals surface area contributed by atoms with E-state index >= 15 is 0 Å². The van der Waals surface area contributed by atoms with Crippen molar-refractivity contribution < 1.29 is 50.7 Å². The van der Waals surface area contributed by atoms with E-state index in [1.807, 2.05) is 12.2 Å². The normalized spacial score (nSPS) is 21.7. The number of rotatable bonds is 2. The van der Waals surface area contributed by atoms with Crippen molar-refractivity contribution in [3.05, 3.63) is 71.9 Å². The Balaban J connectivity index is -0.000000270. The average Bonchev–Trinajstić information content (AvgIpc) is 2.84. The van der Waals surface area contributed by atoms with Gasteiger partial charge < -0.3 is 24.8 Å². The molecule has 3 heteroatoms. The van der Waals surface area contributed by atoms with Gasteiger partial charge in [-0.25, -0.2) is 22.3 Å². The molecule has 0 spiro atoms. The zero-order valence-electron chi connectivity index (χ0n) is 13.1. The Morgan fingerprint density at radius 1 is 0.810 bits per heavy atom. The van der Waals surface area contributed by atoms with E-state index < -0.39 is 0 Å². The van der Waals surface area contributed by atoms with Crippen molar-refractivity contribution in [3.8, 4) is 0 Å². The Bertz CT molecular complexity index is 388. The molecule has 0 heterocycles. The minimum atomic E-state index is 0. The van der Waals surface area contributed by atoms with Crippen molar-refractivity contribution in [2.24, 2.45) is 11.8 Å². The third-order valence-electron chi connectivity index (χ3n) is 3.32. The van der Waals surface area contributed by atoms with E-state index in [4.69, 9.17) is 0 Å². The molecule has 0 saturated heterocycles. The van der Waals surface area contributed by atoms with E-state index in [0.717, 1.165) is 0 Å².